The smallest absolute Gasteiger partial charge is 0.331 e. The molecule has 0 spiro atoms. The summed E-state index contributed by atoms with van der Waals surface area (Å²) in [7, 11) is 6.46. The molecular formula is C68H86N10O10. The number of aryl methyl sites for hydroxylation is 2. The molecule has 2 aromatic heterocycles. The quantitative estimate of drug-likeness (QED) is 0.0328. The topological polar surface area (TPSA) is 214 Å². The van der Waals surface area contributed by atoms with Crippen molar-refractivity contribution in [2.24, 2.45) is 0 Å². The average molecular weight is 1200 g/mol. The van der Waals surface area contributed by atoms with Gasteiger partial charge in [0.25, 0.3) is 11.8 Å². The number of carbonyl (C=O) groups is 4. The van der Waals surface area contributed by atoms with Gasteiger partial charge in [0.1, 0.15) is 11.5 Å². The van der Waals surface area contributed by atoms with Crippen LogP contribution in [0.5, 0.6) is 11.5 Å². The summed E-state index contributed by atoms with van der Waals surface area (Å²) >= 11 is 0. The number of anilines is 2. The molecule has 468 valence electrons. The first-order valence-corrected chi connectivity index (χ1v) is 31.1. The molecule has 0 unspecified atom stereocenters. The van der Waals surface area contributed by atoms with E-state index >= 15 is 9.59 Å². The van der Waals surface area contributed by atoms with Crippen molar-refractivity contribution in [3.05, 3.63) is 144 Å². The third-order valence-corrected chi connectivity index (χ3v) is 18.1. The number of esters is 2. The van der Waals surface area contributed by atoms with Gasteiger partial charge in [-0.15, -0.1) is 0 Å². The zero-order valence-electron chi connectivity index (χ0n) is 51.8. The molecule has 2 saturated carbocycles. The van der Waals surface area contributed by atoms with Crippen LogP contribution in [0.25, 0.3) is 22.5 Å². The van der Waals surface area contributed by atoms with E-state index in [1.807, 2.05) is 116 Å². The Bertz CT molecular complexity index is 3140. The van der Waals surface area contributed by atoms with Crippen molar-refractivity contribution in [3.8, 4) is 34.0 Å². The van der Waals surface area contributed by atoms with Crippen LogP contribution in [0.15, 0.2) is 122 Å². The molecule has 88 heavy (non-hydrogen) atoms. The zero-order valence-corrected chi connectivity index (χ0v) is 51.8. The van der Waals surface area contributed by atoms with Gasteiger partial charge < -0.3 is 68.6 Å². The minimum absolute atomic E-state index is 0.0469. The molecule has 4 fully saturated rings. The standard InChI is InChI=1S/C68H86N10O10/c1-47-23-25-53(85-5)39-55(47)71-33-29-51-41-69-35-37-75(51)65(81)61-63(49-17-9-7-10-18-49)77(45-73-61)57-21-13-15-31-67(57,43-83-3)87-59(79)27-28-60(80)88-68(44-84-4)32-16-14-22-58(68)78-46-74-62(64(78)50-19-11-8-12-20-50)66(82)76-38-36-70-42-52(76)30-34-72-56-40-54(86-6)26-24-48(56)2/h7-12,17-20,23-28,39-40,45-46,51-52,57-58,69-72H,13-16,21-22,29-38,41-44H2,1-6H3/b28-27+/t51-,52-,57-,58-,67-,68-/m1/s1. The number of benzene rings is 4. The van der Waals surface area contributed by atoms with Gasteiger partial charge in [-0.3, -0.25) is 9.59 Å². The summed E-state index contributed by atoms with van der Waals surface area (Å²) in [6, 6.07) is 30.2. The maximum Gasteiger partial charge on any atom is 0.331 e. The number of hydrogen-bond acceptors (Lipinski definition) is 16. The number of imidazole rings is 2. The molecule has 6 atom stereocenters. The molecule has 0 radical (unpaired) electrons. The number of rotatable bonds is 24. The highest BCUT2D eigenvalue weighted by Gasteiger charge is 2.49. The summed E-state index contributed by atoms with van der Waals surface area (Å²) in [6.45, 7) is 9.01. The van der Waals surface area contributed by atoms with E-state index < -0.39 is 35.2 Å². The summed E-state index contributed by atoms with van der Waals surface area (Å²) in [4.78, 5) is 72.6. The van der Waals surface area contributed by atoms with Gasteiger partial charge in [-0.2, -0.15) is 0 Å². The lowest BCUT2D eigenvalue weighted by Gasteiger charge is -2.44. The Morgan fingerprint density at radius 2 is 1.00 bits per heavy atom. The second kappa shape index (κ2) is 29.3. The highest BCUT2D eigenvalue weighted by atomic mass is 16.6. The van der Waals surface area contributed by atoms with Crippen LogP contribution in [0.4, 0.5) is 11.4 Å². The first kappa shape index (κ1) is 63.0. The van der Waals surface area contributed by atoms with Crippen LogP contribution >= 0.6 is 0 Å². The Morgan fingerprint density at radius 3 is 1.40 bits per heavy atom. The normalized spacial score (nSPS) is 22.2. The number of piperazine rings is 2. The van der Waals surface area contributed by atoms with Crippen LogP contribution in [0, 0.1) is 13.8 Å². The van der Waals surface area contributed by atoms with Crippen LogP contribution in [-0.4, -0.2) is 170 Å². The van der Waals surface area contributed by atoms with Gasteiger partial charge in [-0.25, -0.2) is 19.6 Å². The number of carbonyl (C=O) groups excluding carboxylic acids is 4. The summed E-state index contributed by atoms with van der Waals surface area (Å²) in [6.07, 6.45) is 12.3. The number of amides is 2. The summed E-state index contributed by atoms with van der Waals surface area (Å²) in [5.41, 5.74) is 5.21. The van der Waals surface area contributed by atoms with Crippen molar-refractivity contribution in [2.75, 3.05) is 105 Å². The highest BCUT2D eigenvalue weighted by molar-refractivity contribution is 5.99. The Labute approximate surface area is 516 Å². The fourth-order valence-corrected chi connectivity index (χ4v) is 13.6. The van der Waals surface area contributed by atoms with Crippen LogP contribution in [0.2, 0.25) is 0 Å². The van der Waals surface area contributed by atoms with Gasteiger partial charge in [0, 0.05) is 125 Å². The number of nitrogens with one attached hydrogen (secondary N) is 4. The molecule has 0 bridgehead atoms. The van der Waals surface area contributed by atoms with Gasteiger partial charge in [-0.1, -0.05) is 85.6 Å². The van der Waals surface area contributed by atoms with Crippen molar-refractivity contribution in [1.82, 2.24) is 39.5 Å². The summed E-state index contributed by atoms with van der Waals surface area (Å²) in [5.74, 6) is -0.315. The molecule has 20 heteroatoms. The number of methoxy groups -OCH3 is 4. The second-order valence-electron chi connectivity index (χ2n) is 23.6. The van der Waals surface area contributed by atoms with Crippen LogP contribution in [-0.2, 0) is 28.5 Å². The summed E-state index contributed by atoms with van der Waals surface area (Å²) in [5, 5.41) is 14.1. The molecule has 6 aromatic rings. The average Bonchev–Trinajstić information content (AvgIpc) is 1.85. The van der Waals surface area contributed by atoms with Crippen molar-refractivity contribution in [3.63, 3.8) is 0 Å². The van der Waals surface area contributed by atoms with E-state index in [-0.39, 0.29) is 37.1 Å². The molecule has 2 amide bonds. The fourth-order valence-electron chi connectivity index (χ4n) is 13.6. The molecule has 4 N–H and O–H groups in total. The predicted molar refractivity (Wildman–Crippen MR) is 338 cm³/mol. The third-order valence-electron chi connectivity index (χ3n) is 18.1. The van der Waals surface area contributed by atoms with Gasteiger partial charge in [-0.05, 0) is 88.5 Å². The third kappa shape index (κ3) is 14.1. The molecule has 2 aliphatic heterocycles. The van der Waals surface area contributed by atoms with Crippen LogP contribution in [0.3, 0.4) is 0 Å². The van der Waals surface area contributed by atoms with E-state index in [2.05, 4.69) is 35.1 Å². The fraction of sp³-hybridized carbons (Fsp3) is 0.471. The number of hydrogen-bond donors (Lipinski definition) is 4. The zero-order chi connectivity index (χ0) is 61.6. The lowest BCUT2D eigenvalue weighted by atomic mass is 9.79. The van der Waals surface area contributed by atoms with E-state index in [1.54, 1.807) is 41.1 Å². The van der Waals surface area contributed by atoms with E-state index in [9.17, 15) is 9.59 Å². The van der Waals surface area contributed by atoms with Gasteiger partial charge in [0.05, 0.1) is 63.6 Å². The van der Waals surface area contributed by atoms with Crippen LogP contribution < -0.4 is 30.7 Å². The van der Waals surface area contributed by atoms with Crippen molar-refractivity contribution in [1.29, 1.82) is 0 Å². The Balaban J connectivity index is 0.876. The molecular weight excluding hydrogens is 1120 g/mol. The van der Waals surface area contributed by atoms with Crippen molar-refractivity contribution < 1.29 is 47.6 Å². The minimum atomic E-state index is -1.21. The Hall–Kier alpha value is -8.04. The van der Waals surface area contributed by atoms with Crippen LogP contribution in [0.1, 0.15) is 108 Å². The van der Waals surface area contributed by atoms with E-state index in [0.29, 0.717) is 114 Å². The minimum Gasteiger partial charge on any atom is -0.497 e. The number of ether oxygens (including phenoxy) is 6. The highest BCUT2D eigenvalue weighted by Crippen LogP contribution is 2.46. The molecule has 2 aliphatic carbocycles. The van der Waals surface area contributed by atoms with Gasteiger partial charge in [0.2, 0.25) is 0 Å². The Morgan fingerprint density at radius 1 is 0.580 bits per heavy atom. The van der Waals surface area contributed by atoms with Crippen molar-refractivity contribution >= 4 is 35.1 Å². The van der Waals surface area contributed by atoms with Crippen molar-refractivity contribution in [2.45, 2.75) is 113 Å². The monoisotopic (exact) mass is 1200 g/mol. The molecule has 2 saturated heterocycles. The lowest BCUT2D eigenvalue weighted by molar-refractivity contribution is -0.175. The van der Waals surface area contributed by atoms with E-state index in [1.165, 1.54) is 0 Å². The predicted octanol–water partition coefficient (Wildman–Crippen LogP) is 9.22. The van der Waals surface area contributed by atoms with E-state index in [4.69, 9.17) is 38.4 Å². The lowest BCUT2D eigenvalue weighted by Crippen LogP contribution is -2.54. The number of aromatic nitrogens is 4. The molecule has 4 aromatic carbocycles. The first-order valence-electron chi connectivity index (χ1n) is 31.1. The maximum atomic E-state index is 15.0. The molecule has 20 nitrogen and oxygen atoms in total. The van der Waals surface area contributed by atoms with E-state index in [0.717, 1.165) is 83.0 Å². The SMILES string of the molecule is COC[C@]1(OC(=O)/C=C/C(=O)O[C@@]2(COC)CCCC[C@H]2n2cnc(C(=O)N3CCNC[C@H]3CCNc3cc(OC)ccc3C)c2-c2ccccc2)CCCC[C@H]1n1cnc(C(=O)N2CCNC[C@H]2CCNc2cc(OC)ccc2C)c1-c1ccccc1. The largest absolute Gasteiger partial charge is 0.497 e. The first-order chi connectivity index (χ1) is 42.9. The maximum absolute atomic E-state index is 15.0. The molecule has 10 rings (SSSR count). The number of nitrogens with zero attached hydrogens (tertiary/aromatic N) is 6. The second-order valence-corrected chi connectivity index (χ2v) is 23.6. The summed E-state index contributed by atoms with van der Waals surface area (Å²) < 4.78 is 40.0. The van der Waals surface area contributed by atoms with Gasteiger partial charge in [0.15, 0.2) is 22.6 Å². The van der Waals surface area contributed by atoms with Gasteiger partial charge >= 0.3 is 11.9 Å². The molecule has 4 aliphatic rings. The molecule has 4 heterocycles. The Kier molecular flexibility index (Phi) is 21.0.